The van der Waals surface area contributed by atoms with E-state index in [0.717, 1.165) is 0 Å². The van der Waals surface area contributed by atoms with Crippen LogP contribution in [0.1, 0.15) is 20.8 Å². The average Bonchev–Trinajstić information content (AvgIpc) is 1.42. The van der Waals surface area contributed by atoms with Crippen LogP contribution in [0.3, 0.4) is 0 Å². The lowest BCUT2D eigenvalue weighted by Gasteiger charge is -2.52. The smallest absolute Gasteiger partial charge is 0.192 e. The van der Waals surface area contributed by atoms with Crippen molar-refractivity contribution in [3.8, 4) is 0 Å². The zero-order valence-corrected chi connectivity index (χ0v) is 47.2. The molecule has 15 rings (SSSR count). The van der Waals surface area contributed by atoms with Crippen molar-refractivity contribution in [2.24, 2.45) is 0 Å². The first kappa shape index (κ1) is 68.7. The van der Waals surface area contributed by atoms with E-state index in [2.05, 4.69) is 0 Å². The second kappa shape index (κ2) is 28.1. The van der Waals surface area contributed by atoms with Gasteiger partial charge in [-0.25, -0.2) is 0 Å². The Balaban J connectivity index is 1.12. The third kappa shape index (κ3) is 13.6. The summed E-state index contributed by atoms with van der Waals surface area (Å²) in [6, 6.07) is 0. The van der Waals surface area contributed by atoms with Crippen LogP contribution >= 0.6 is 0 Å². The van der Waals surface area contributed by atoms with E-state index in [1.807, 2.05) is 20.8 Å². The highest BCUT2D eigenvalue weighted by molar-refractivity contribution is 6.74. The third-order valence-corrected chi connectivity index (χ3v) is 21.5. The molecule has 0 saturated carbocycles. The maximum atomic E-state index is 12.3. The fraction of sp³-hybridized carbons (Fsp3) is 1.00. The molecule has 0 aromatic heterocycles. The van der Waals surface area contributed by atoms with Gasteiger partial charge in [0.2, 0.25) is 0 Å². The molecular formula is C48H84O35Si. The summed E-state index contributed by atoms with van der Waals surface area (Å²) in [5.41, 5.74) is 0. The molecule has 0 aliphatic carbocycles. The fourth-order valence-corrected chi connectivity index (χ4v) is 12.3. The molecule has 35 nitrogen and oxygen atoms in total. The number of aliphatic hydroxyl groups excluding tert-OH is 20. The molecule has 15 saturated heterocycles. The Hall–Kier alpha value is -1.18. The standard InChI is InChI=1S/C48H84O35Si/c1-48(2,3)84(4,5)83-40-32(68)39-19(12-55)75-47(40)82-38-18(11-54)74-45(31(67)25(38)61)80-36-16(9-52)72-43(29(65)23(36)59)78-34-14(7-50)70-41(27(63)21(34)57)76-33-13(6-49)69-42(26(62)20(33)56)77-35-15(8-51)71-44(28(64)22(35)58)79-37-17(10-53)73-46(81-39)30(66)24(37)60/h13-47,49-68H,6-12H2,1-5H3/t13-,14-,15-,16-,17-,18-,19-,20-,21-,22-,23-,24-,25-,26-,27-,28-,29-,30-,31-,32+,33-,34-,35-,36-,37-,38-,39-,40-,41-,42-,43-,44-,45-,46-,47-/m1/s1. The number of rotatable bonds is 9. The van der Waals surface area contributed by atoms with Crippen LogP contribution in [-0.4, -0.2) is 372 Å². The molecule has 0 aromatic rings. The summed E-state index contributed by atoms with van der Waals surface area (Å²) in [5.74, 6) is 0. The third-order valence-electron chi connectivity index (χ3n) is 17.0. The average molecular weight is 1250 g/mol. The van der Waals surface area contributed by atoms with E-state index in [-0.39, 0.29) is 0 Å². The second-order valence-electron chi connectivity index (χ2n) is 23.5. The van der Waals surface area contributed by atoms with Gasteiger partial charge < -0.3 is 173 Å². The first-order valence-electron chi connectivity index (χ1n) is 27.6. The fourth-order valence-electron chi connectivity index (χ4n) is 11.0. The highest BCUT2D eigenvalue weighted by atomic mass is 28.4. The molecule has 0 unspecified atom stereocenters. The van der Waals surface area contributed by atoms with E-state index < -0.39 is 275 Å². The summed E-state index contributed by atoms with van der Waals surface area (Å²) in [6.45, 7) is 1.88. The van der Waals surface area contributed by atoms with Gasteiger partial charge in [-0.1, -0.05) is 20.8 Å². The minimum atomic E-state index is -3.08. The van der Waals surface area contributed by atoms with Crippen LogP contribution in [0.15, 0.2) is 0 Å². The van der Waals surface area contributed by atoms with Crippen LogP contribution in [0.5, 0.6) is 0 Å². The van der Waals surface area contributed by atoms with Crippen molar-refractivity contribution in [1.29, 1.82) is 0 Å². The maximum Gasteiger partial charge on any atom is 0.192 e. The first-order valence-corrected chi connectivity index (χ1v) is 30.5. The van der Waals surface area contributed by atoms with Crippen molar-refractivity contribution >= 4 is 8.32 Å². The minimum Gasteiger partial charge on any atom is -0.406 e. The van der Waals surface area contributed by atoms with Crippen LogP contribution in [0.4, 0.5) is 0 Å². The number of hydrogen-bond donors (Lipinski definition) is 20. The normalized spacial score (nSPS) is 52.2. The number of fused-ring (bicyclic) bond motifs is 7. The summed E-state index contributed by atoms with van der Waals surface area (Å²) in [6.07, 6.45) is -68.7. The Bertz CT molecular complexity index is 2040. The van der Waals surface area contributed by atoms with Crippen molar-refractivity contribution in [1.82, 2.24) is 0 Å². The van der Waals surface area contributed by atoms with Crippen LogP contribution < -0.4 is 0 Å². The summed E-state index contributed by atoms with van der Waals surface area (Å²) in [5, 5.41) is 223. The molecule has 0 amide bonds. The number of hydrogen-bond acceptors (Lipinski definition) is 35. The predicted molar refractivity (Wildman–Crippen MR) is 264 cm³/mol. The Kier molecular flexibility index (Phi) is 23.0. The summed E-state index contributed by atoms with van der Waals surface area (Å²) in [7, 11) is -3.08. The molecule has 14 bridgehead atoms. The molecule has 20 N–H and O–H groups in total. The van der Waals surface area contributed by atoms with E-state index >= 15 is 0 Å². The molecule has 84 heavy (non-hydrogen) atoms. The predicted octanol–water partition coefficient (Wildman–Crippen LogP) is -12.2. The lowest BCUT2D eigenvalue weighted by Crippen LogP contribution is -2.69. The van der Waals surface area contributed by atoms with Gasteiger partial charge in [0, 0.05) is 0 Å². The van der Waals surface area contributed by atoms with Gasteiger partial charge in [-0.2, -0.15) is 0 Å². The van der Waals surface area contributed by atoms with Crippen molar-refractivity contribution in [2.75, 3.05) is 46.2 Å². The van der Waals surface area contributed by atoms with Gasteiger partial charge in [0.1, 0.15) is 171 Å². The molecule has 15 heterocycles. The van der Waals surface area contributed by atoms with E-state index in [1.54, 1.807) is 13.1 Å². The van der Waals surface area contributed by atoms with Crippen LogP contribution in [0.2, 0.25) is 18.1 Å². The summed E-state index contributed by atoms with van der Waals surface area (Å²) >= 11 is 0. The molecule has 36 heteroatoms. The van der Waals surface area contributed by atoms with Gasteiger partial charge in [0.25, 0.3) is 0 Å². The number of aliphatic hydroxyl groups is 20. The molecule has 490 valence electrons. The highest BCUT2D eigenvalue weighted by Gasteiger charge is 2.60. The Morgan fingerprint density at radius 1 is 0.262 bits per heavy atom. The monoisotopic (exact) mass is 1250 g/mol. The highest BCUT2D eigenvalue weighted by Crippen LogP contribution is 2.43. The van der Waals surface area contributed by atoms with Crippen LogP contribution in [0.25, 0.3) is 0 Å². The van der Waals surface area contributed by atoms with Crippen molar-refractivity contribution in [3.05, 3.63) is 0 Å². The van der Waals surface area contributed by atoms with Crippen molar-refractivity contribution in [3.63, 3.8) is 0 Å². The first-order chi connectivity index (χ1) is 39.6. The Morgan fingerprint density at radius 2 is 0.429 bits per heavy atom. The zero-order valence-electron chi connectivity index (χ0n) is 46.2. The number of ether oxygens (including phenoxy) is 14. The molecular weight excluding hydrogens is 1160 g/mol. The largest absolute Gasteiger partial charge is 0.406 e. The molecule has 15 fully saturated rings. The quantitative estimate of drug-likeness (QED) is 0.0953. The molecule has 0 spiro atoms. The minimum absolute atomic E-state index is 0.610. The van der Waals surface area contributed by atoms with Gasteiger partial charge in [-0.15, -0.1) is 0 Å². The van der Waals surface area contributed by atoms with Crippen molar-refractivity contribution in [2.45, 2.75) is 254 Å². The van der Waals surface area contributed by atoms with Crippen molar-refractivity contribution < 1.29 is 173 Å². The van der Waals surface area contributed by atoms with Gasteiger partial charge >= 0.3 is 0 Å². The molecule has 35 atom stereocenters. The summed E-state index contributed by atoms with van der Waals surface area (Å²) < 4.78 is 88.5. The lowest BCUT2D eigenvalue weighted by atomic mass is 9.95. The molecule has 0 radical (unpaired) electrons. The second-order valence-corrected chi connectivity index (χ2v) is 28.3. The Morgan fingerprint density at radius 3 is 0.607 bits per heavy atom. The lowest BCUT2D eigenvalue weighted by molar-refractivity contribution is -0.396. The van der Waals surface area contributed by atoms with Gasteiger partial charge in [0.05, 0.1) is 46.2 Å². The van der Waals surface area contributed by atoms with Crippen LogP contribution in [0, 0.1) is 0 Å². The van der Waals surface area contributed by atoms with E-state index in [4.69, 9.17) is 70.7 Å². The topological polar surface area (TPSA) is 543 Å². The Labute approximate surface area is 480 Å². The van der Waals surface area contributed by atoms with Gasteiger partial charge in [-0.3, -0.25) is 0 Å². The zero-order chi connectivity index (χ0) is 61.8. The maximum absolute atomic E-state index is 12.3. The molecule has 15 aliphatic heterocycles. The van der Waals surface area contributed by atoms with E-state index in [9.17, 15) is 102 Å². The summed E-state index contributed by atoms with van der Waals surface area (Å²) in [4.78, 5) is 0. The van der Waals surface area contributed by atoms with E-state index in [1.165, 1.54) is 0 Å². The van der Waals surface area contributed by atoms with Gasteiger partial charge in [0.15, 0.2) is 52.3 Å². The molecule has 0 aromatic carbocycles. The van der Waals surface area contributed by atoms with Crippen LogP contribution in [-0.2, 0) is 70.7 Å². The SMILES string of the molecule is CC(C)(C)[Si](C)(C)O[C@H]1[C@H]2O[C@H]3[C@H](O)[C@@H](O)[C@@H](O[C@H]4[C@H](O)[C@@H](O)[C@@H](O[C@H]5[C@H](O)[C@@H](O)[C@@H](O[C@H]6[C@H](O)[C@@H](O)[C@@H](O[C@H]7[C@H](O)[C@@H](O)[C@@H](O[C@H]8[C@H](O)[C@@H](O)[C@@H](O[C@@H]([C@@H]1O)[C@@H](CO)O2)O[C@@H]8CO)O[C@@H]7CO)O[C@@H]6CO)O[C@@H]5CO)O[C@@H]4CO)O[C@@H]3CO. The molecule has 15 aliphatic rings. The van der Waals surface area contributed by atoms with E-state index in [0.29, 0.717) is 0 Å². The van der Waals surface area contributed by atoms with Gasteiger partial charge in [-0.05, 0) is 18.1 Å².